The second kappa shape index (κ2) is 8.86. The zero-order valence-electron chi connectivity index (χ0n) is 16.7. The fourth-order valence-corrected chi connectivity index (χ4v) is 4.41. The molecule has 7 nitrogen and oxygen atoms in total. The van der Waals surface area contributed by atoms with Crippen LogP contribution in [0.25, 0.3) is 10.2 Å². The Balaban J connectivity index is 1.69. The van der Waals surface area contributed by atoms with E-state index < -0.39 is 6.04 Å². The summed E-state index contributed by atoms with van der Waals surface area (Å²) in [6.45, 7) is 4.03. The molecule has 0 aromatic carbocycles. The Morgan fingerprint density at radius 3 is 2.71 bits per heavy atom. The van der Waals surface area contributed by atoms with Gasteiger partial charge in [0, 0.05) is 13.0 Å². The third kappa shape index (κ3) is 4.60. The van der Waals surface area contributed by atoms with E-state index in [1.54, 1.807) is 13.1 Å². The van der Waals surface area contributed by atoms with E-state index in [0.29, 0.717) is 16.0 Å². The maximum Gasteiger partial charge on any atom is 0.268 e. The standard InChI is InChI=1S/C20H28N4O3S/c1-12(2)16(23-18(25)13-7-5-4-6-8-13)20(27)24(3)11-15-21-14-9-10-28-17(14)19(26)22-15/h9-10,12-13,16H,4-8,11H2,1-3H3,(H,23,25)(H,21,22,26). The summed E-state index contributed by atoms with van der Waals surface area (Å²) in [7, 11) is 1.67. The van der Waals surface area contributed by atoms with Gasteiger partial charge in [0.15, 0.2) is 0 Å². The Morgan fingerprint density at radius 2 is 2.04 bits per heavy atom. The van der Waals surface area contributed by atoms with Crippen LogP contribution >= 0.6 is 11.3 Å². The topological polar surface area (TPSA) is 95.2 Å². The number of rotatable bonds is 6. The molecule has 2 heterocycles. The van der Waals surface area contributed by atoms with Gasteiger partial charge < -0.3 is 15.2 Å². The first-order valence-electron chi connectivity index (χ1n) is 9.88. The molecule has 1 unspecified atom stereocenters. The molecule has 1 atom stereocenters. The molecule has 2 N–H and O–H groups in total. The van der Waals surface area contributed by atoms with Gasteiger partial charge in [-0.2, -0.15) is 0 Å². The third-order valence-corrected chi connectivity index (χ3v) is 6.24. The molecule has 2 aromatic heterocycles. The maximum absolute atomic E-state index is 13.0. The summed E-state index contributed by atoms with van der Waals surface area (Å²) in [6.07, 6.45) is 5.11. The van der Waals surface area contributed by atoms with Crippen molar-refractivity contribution in [1.82, 2.24) is 20.2 Å². The molecule has 2 aromatic rings. The molecule has 0 aliphatic heterocycles. The van der Waals surface area contributed by atoms with Crippen molar-refractivity contribution in [2.75, 3.05) is 7.05 Å². The van der Waals surface area contributed by atoms with E-state index in [2.05, 4.69) is 15.3 Å². The number of hydrogen-bond donors (Lipinski definition) is 2. The lowest BCUT2D eigenvalue weighted by Crippen LogP contribution is -2.51. The van der Waals surface area contributed by atoms with Crippen LogP contribution in [0.3, 0.4) is 0 Å². The predicted molar refractivity (Wildman–Crippen MR) is 110 cm³/mol. The Kier molecular flexibility index (Phi) is 6.49. The number of thiophene rings is 1. The molecule has 1 saturated carbocycles. The lowest BCUT2D eigenvalue weighted by Gasteiger charge is -2.29. The molecular weight excluding hydrogens is 376 g/mol. The molecule has 1 aliphatic carbocycles. The van der Waals surface area contributed by atoms with Gasteiger partial charge in [-0.05, 0) is 30.2 Å². The summed E-state index contributed by atoms with van der Waals surface area (Å²) in [4.78, 5) is 46.4. The largest absolute Gasteiger partial charge is 0.344 e. The highest BCUT2D eigenvalue weighted by Gasteiger charge is 2.30. The van der Waals surface area contributed by atoms with Crippen molar-refractivity contribution < 1.29 is 9.59 Å². The average molecular weight is 405 g/mol. The Morgan fingerprint density at radius 1 is 1.32 bits per heavy atom. The lowest BCUT2D eigenvalue weighted by molar-refractivity contribution is -0.138. The summed E-state index contributed by atoms with van der Waals surface area (Å²) in [6, 6.07) is 1.21. The number of aromatic amines is 1. The monoisotopic (exact) mass is 404 g/mol. The number of likely N-dealkylation sites (N-methyl/N-ethyl adjacent to an activating group) is 1. The van der Waals surface area contributed by atoms with Crippen LogP contribution in [0.2, 0.25) is 0 Å². The van der Waals surface area contributed by atoms with Crippen LogP contribution in [0.4, 0.5) is 0 Å². The number of hydrogen-bond acceptors (Lipinski definition) is 5. The van der Waals surface area contributed by atoms with Crippen molar-refractivity contribution in [2.24, 2.45) is 11.8 Å². The molecule has 2 amide bonds. The summed E-state index contributed by atoms with van der Waals surface area (Å²) in [5.74, 6) is 0.215. The van der Waals surface area contributed by atoms with Crippen molar-refractivity contribution >= 4 is 33.4 Å². The van der Waals surface area contributed by atoms with Gasteiger partial charge in [0.2, 0.25) is 11.8 Å². The van der Waals surface area contributed by atoms with Crippen molar-refractivity contribution in [2.45, 2.75) is 58.5 Å². The van der Waals surface area contributed by atoms with Gasteiger partial charge >= 0.3 is 0 Å². The second-order valence-corrected chi connectivity index (χ2v) is 8.82. The van der Waals surface area contributed by atoms with Crippen LogP contribution in [0.1, 0.15) is 51.8 Å². The fraction of sp³-hybridized carbons (Fsp3) is 0.600. The molecule has 0 saturated heterocycles. The molecule has 1 aliphatic rings. The van der Waals surface area contributed by atoms with E-state index in [9.17, 15) is 14.4 Å². The van der Waals surface area contributed by atoms with Crippen LogP contribution in [0, 0.1) is 11.8 Å². The van der Waals surface area contributed by atoms with E-state index in [4.69, 9.17) is 0 Å². The summed E-state index contributed by atoms with van der Waals surface area (Å²) >= 11 is 1.34. The summed E-state index contributed by atoms with van der Waals surface area (Å²) in [5, 5.41) is 4.79. The molecular formula is C20H28N4O3S. The number of carbonyl (C=O) groups is 2. The van der Waals surface area contributed by atoms with Crippen LogP contribution in [-0.2, 0) is 16.1 Å². The Bertz CT molecular complexity index is 898. The molecule has 8 heteroatoms. The van der Waals surface area contributed by atoms with Gasteiger partial charge in [-0.1, -0.05) is 33.1 Å². The van der Waals surface area contributed by atoms with Crippen LogP contribution in [0.15, 0.2) is 16.2 Å². The first kappa shape index (κ1) is 20.5. The summed E-state index contributed by atoms with van der Waals surface area (Å²) < 4.78 is 0.581. The van der Waals surface area contributed by atoms with Crippen molar-refractivity contribution in [3.63, 3.8) is 0 Å². The molecule has 3 rings (SSSR count). The minimum atomic E-state index is -0.587. The normalized spacial score (nSPS) is 16.3. The van der Waals surface area contributed by atoms with Gasteiger partial charge in [0.1, 0.15) is 16.6 Å². The zero-order chi connectivity index (χ0) is 20.3. The van der Waals surface area contributed by atoms with Gasteiger partial charge in [0.05, 0.1) is 12.1 Å². The van der Waals surface area contributed by atoms with Crippen LogP contribution < -0.4 is 10.9 Å². The zero-order valence-corrected chi connectivity index (χ0v) is 17.5. The number of nitrogens with zero attached hydrogens (tertiary/aromatic N) is 2. The number of fused-ring (bicyclic) bond motifs is 1. The fourth-order valence-electron chi connectivity index (χ4n) is 3.69. The highest BCUT2D eigenvalue weighted by atomic mass is 32.1. The smallest absolute Gasteiger partial charge is 0.268 e. The quantitative estimate of drug-likeness (QED) is 0.774. The van der Waals surface area contributed by atoms with Crippen LogP contribution in [0.5, 0.6) is 0 Å². The van der Waals surface area contributed by atoms with Crippen LogP contribution in [-0.4, -0.2) is 39.8 Å². The van der Waals surface area contributed by atoms with Gasteiger partial charge in [0.25, 0.3) is 5.56 Å². The second-order valence-electron chi connectivity index (χ2n) is 7.91. The van der Waals surface area contributed by atoms with E-state index in [1.165, 1.54) is 22.7 Å². The highest BCUT2D eigenvalue weighted by molar-refractivity contribution is 7.17. The van der Waals surface area contributed by atoms with Gasteiger partial charge in [-0.25, -0.2) is 4.98 Å². The molecule has 0 bridgehead atoms. The molecule has 1 fully saturated rings. The first-order chi connectivity index (χ1) is 13.4. The summed E-state index contributed by atoms with van der Waals surface area (Å²) in [5.41, 5.74) is 0.442. The number of amides is 2. The Labute approximate surface area is 168 Å². The van der Waals surface area contributed by atoms with Crippen molar-refractivity contribution in [3.8, 4) is 0 Å². The number of aromatic nitrogens is 2. The third-order valence-electron chi connectivity index (χ3n) is 5.33. The number of carbonyl (C=O) groups excluding carboxylic acids is 2. The van der Waals surface area contributed by atoms with E-state index in [0.717, 1.165) is 25.7 Å². The SMILES string of the molecule is CC(C)C(NC(=O)C1CCCCC1)C(=O)N(C)Cc1nc2ccsc2c(=O)[nH]1. The maximum atomic E-state index is 13.0. The molecule has 152 valence electrons. The minimum Gasteiger partial charge on any atom is -0.344 e. The van der Waals surface area contributed by atoms with Gasteiger partial charge in [-0.3, -0.25) is 14.4 Å². The van der Waals surface area contributed by atoms with E-state index in [-0.39, 0.29) is 35.8 Å². The Hall–Kier alpha value is -2.22. The minimum absolute atomic E-state index is 0.00660. The van der Waals surface area contributed by atoms with E-state index in [1.807, 2.05) is 19.2 Å². The first-order valence-corrected chi connectivity index (χ1v) is 10.8. The lowest BCUT2D eigenvalue weighted by atomic mass is 9.88. The number of nitrogens with one attached hydrogen (secondary N) is 2. The predicted octanol–water partition coefficient (Wildman–Crippen LogP) is 2.66. The van der Waals surface area contributed by atoms with Gasteiger partial charge in [-0.15, -0.1) is 11.3 Å². The highest BCUT2D eigenvalue weighted by Crippen LogP contribution is 2.24. The molecule has 0 radical (unpaired) electrons. The average Bonchev–Trinajstić information content (AvgIpc) is 3.15. The van der Waals surface area contributed by atoms with Crippen molar-refractivity contribution in [1.29, 1.82) is 0 Å². The number of H-pyrrole nitrogens is 1. The van der Waals surface area contributed by atoms with E-state index >= 15 is 0 Å². The molecule has 0 spiro atoms. The molecule has 28 heavy (non-hydrogen) atoms. The van der Waals surface area contributed by atoms with Crippen molar-refractivity contribution in [3.05, 3.63) is 27.6 Å².